The van der Waals surface area contributed by atoms with Crippen LogP contribution >= 0.6 is 0 Å². The van der Waals surface area contributed by atoms with Gasteiger partial charge in [0.1, 0.15) is 13.2 Å². The van der Waals surface area contributed by atoms with Gasteiger partial charge in [0, 0.05) is 19.3 Å². The Morgan fingerprint density at radius 2 is 0.586 bits per heavy atom. The maximum atomic E-state index is 12.8. The summed E-state index contributed by atoms with van der Waals surface area (Å²) >= 11 is 0. The van der Waals surface area contributed by atoms with E-state index in [-0.39, 0.29) is 31.1 Å². The Kier molecular flexibility index (Phi) is 55.8. The molecule has 0 aliphatic carbocycles. The van der Waals surface area contributed by atoms with Gasteiger partial charge in [-0.1, -0.05) is 248 Å². The SMILES string of the molecule is CC/C=C\C/C=C\C/C=C\C/C=C\CCCCCCCCCCCCCCC(=O)OCC(COC(=O)CCCCCCC/C=C\CCC)OC(=O)CCCCCCCCC/C=C\CCCCCCCC. The van der Waals surface area contributed by atoms with Crippen LogP contribution in [0.2, 0.25) is 0 Å². The first kappa shape index (κ1) is 66.9. The van der Waals surface area contributed by atoms with Gasteiger partial charge in [-0.2, -0.15) is 0 Å². The summed E-state index contributed by atoms with van der Waals surface area (Å²) in [5.41, 5.74) is 0. The predicted octanol–water partition coefficient (Wildman–Crippen LogP) is 20.2. The molecule has 0 aromatic heterocycles. The number of rotatable bonds is 54. The van der Waals surface area contributed by atoms with Crippen LogP contribution in [0.25, 0.3) is 0 Å². The average molecular weight is 978 g/mol. The predicted molar refractivity (Wildman–Crippen MR) is 302 cm³/mol. The standard InChI is InChI=1S/C64H112O6/c1-4-7-10-13-16-19-22-24-26-28-29-30-31-32-33-34-35-37-38-40-42-45-48-51-54-57-63(66)69-60-61(59-68-62(65)56-53-50-47-44-21-18-15-12-9-6-3)70-64(67)58-55-52-49-46-43-41-39-36-27-25-23-20-17-14-11-8-5-2/h7,10,12,15-16,19,24-27,29-30,61H,4-6,8-9,11,13-14,17-18,20-23,28,31-60H2,1-3H3/b10-7-,15-12-,19-16-,26-24-,27-25-,30-29-. The molecule has 0 aromatic carbocycles. The van der Waals surface area contributed by atoms with E-state index >= 15 is 0 Å². The zero-order valence-corrected chi connectivity index (χ0v) is 46.3. The number of carbonyl (C=O) groups is 3. The van der Waals surface area contributed by atoms with Crippen molar-refractivity contribution in [2.75, 3.05) is 13.2 Å². The lowest BCUT2D eigenvalue weighted by molar-refractivity contribution is -0.167. The van der Waals surface area contributed by atoms with Crippen molar-refractivity contribution in [3.05, 3.63) is 72.9 Å². The molecule has 0 aliphatic heterocycles. The maximum Gasteiger partial charge on any atom is 0.306 e. The Morgan fingerprint density at radius 1 is 0.300 bits per heavy atom. The summed E-state index contributed by atoms with van der Waals surface area (Å²) in [6.45, 7) is 6.47. The van der Waals surface area contributed by atoms with Crippen LogP contribution in [0, 0.1) is 0 Å². The monoisotopic (exact) mass is 977 g/mol. The maximum absolute atomic E-state index is 12.8. The van der Waals surface area contributed by atoms with Crippen LogP contribution in [-0.4, -0.2) is 37.2 Å². The van der Waals surface area contributed by atoms with Gasteiger partial charge in [0.2, 0.25) is 0 Å². The quantitative estimate of drug-likeness (QED) is 0.0261. The van der Waals surface area contributed by atoms with Gasteiger partial charge in [-0.25, -0.2) is 0 Å². The van der Waals surface area contributed by atoms with Gasteiger partial charge in [-0.3, -0.25) is 14.4 Å². The number of ether oxygens (including phenoxy) is 3. The van der Waals surface area contributed by atoms with E-state index in [1.165, 1.54) is 161 Å². The lowest BCUT2D eigenvalue weighted by atomic mass is 10.0. The van der Waals surface area contributed by atoms with Crippen LogP contribution < -0.4 is 0 Å². The minimum atomic E-state index is -0.780. The van der Waals surface area contributed by atoms with Gasteiger partial charge in [-0.15, -0.1) is 0 Å². The molecule has 0 amide bonds. The summed E-state index contributed by atoms with van der Waals surface area (Å²) in [4.78, 5) is 38.1. The number of esters is 3. The molecular formula is C64H112O6. The van der Waals surface area contributed by atoms with Gasteiger partial charge < -0.3 is 14.2 Å². The molecule has 0 spiro atoms. The van der Waals surface area contributed by atoms with E-state index < -0.39 is 6.10 Å². The van der Waals surface area contributed by atoms with Crippen LogP contribution in [0.1, 0.15) is 297 Å². The molecular weight excluding hydrogens is 865 g/mol. The number of unbranched alkanes of at least 4 members (excludes halogenated alkanes) is 31. The van der Waals surface area contributed by atoms with E-state index in [0.29, 0.717) is 19.3 Å². The first-order chi connectivity index (χ1) is 34.5. The van der Waals surface area contributed by atoms with Crippen molar-refractivity contribution in [2.24, 2.45) is 0 Å². The molecule has 0 saturated carbocycles. The smallest absolute Gasteiger partial charge is 0.306 e. The van der Waals surface area contributed by atoms with E-state index in [4.69, 9.17) is 14.2 Å². The Balaban J connectivity index is 4.24. The Morgan fingerprint density at radius 3 is 0.943 bits per heavy atom. The summed E-state index contributed by atoms with van der Waals surface area (Å²) < 4.78 is 16.9. The largest absolute Gasteiger partial charge is 0.462 e. The molecule has 0 aromatic rings. The highest BCUT2D eigenvalue weighted by Gasteiger charge is 2.19. The van der Waals surface area contributed by atoms with Crippen molar-refractivity contribution >= 4 is 17.9 Å². The van der Waals surface area contributed by atoms with Crippen LogP contribution in [-0.2, 0) is 28.6 Å². The van der Waals surface area contributed by atoms with Gasteiger partial charge in [0.05, 0.1) is 0 Å². The van der Waals surface area contributed by atoms with Gasteiger partial charge in [0.25, 0.3) is 0 Å². The van der Waals surface area contributed by atoms with Gasteiger partial charge in [-0.05, 0) is 103 Å². The molecule has 0 heterocycles. The van der Waals surface area contributed by atoms with Crippen molar-refractivity contribution in [1.29, 1.82) is 0 Å². The lowest BCUT2D eigenvalue weighted by Gasteiger charge is -2.18. The third kappa shape index (κ3) is 55.8. The zero-order chi connectivity index (χ0) is 50.7. The molecule has 0 radical (unpaired) electrons. The van der Waals surface area contributed by atoms with Crippen LogP contribution in [0.3, 0.4) is 0 Å². The number of allylic oxidation sites excluding steroid dienone is 12. The zero-order valence-electron chi connectivity index (χ0n) is 46.3. The fraction of sp³-hybridized carbons (Fsp3) is 0.766. The third-order valence-corrected chi connectivity index (χ3v) is 12.9. The second-order valence-corrected chi connectivity index (χ2v) is 19.9. The molecule has 404 valence electrons. The molecule has 70 heavy (non-hydrogen) atoms. The van der Waals surface area contributed by atoms with E-state index in [1.54, 1.807) is 0 Å². The van der Waals surface area contributed by atoms with Crippen molar-refractivity contribution in [3.63, 3.8) is 0 Å². The molecule has 0 fully saturated rings. The highest BCUT2D eigenvalue weighted by atomic mass is 16.6. The van der Waals surface area contributed by atoms with E-state index in [2.05, 4.69) is 93.7 Å². The summed E-state index contributed by atoms with van der Waals surface area (Å²) in [5.74, 6) is -0.887. The third-order valence-electron chi connectivity index (χ3n) is 12.9. The molecule has 0 saturated heterocycles. The Hall–Kier alpha value is -3.15. The van der Waals surface area contributed by atoms with Gasteiger partial charge in [0.15, 0.2) is 6.10 Å². The first-order valence-electron chi connectivity index (χ1n) is 29.9. The van der Waals surface area contributed by atoms with Gasteiger partial charge >= 0.3 is 17.9 Å². The van der Waals surface area contributed by atoms with Crippen molar-refractivity contribution in [2.45, 2.75) is 303 Å². The molecule has 1 atom stereocenters. The van der Waals surface area contributed by atoms with E-state index in [0.717, 1.165) is 96.3 Å². The number of carbonyl (C=O) groups excluding carboxylic acids is 3. The molecule has 6 heteroatoms. The second-order valence-electron chi connectivity index (χ2n) is 19.9. The molecule has 1 unspecified atom stereocenters. The first-order valence-corrected chi connectivity index (χ1v) is 29.9. The minimum Gasteiger partial charge on any atom is -0.462 e. The fourth-order valence-electron chi connectivity index (χ4n) is 8.43. The molecule has 0 rings (SSSR count). The summed E-state index contributed by atoms with van der Waals surface area (Å²) in [5, 5.41) is 0. The lowest BCUT2D eigenvalue weighted by Crippen LogP contribution is -2.30. The summed E-state index contributed by atoms with van der Waals surface area (Å²) in [6.07, 6.45) is 74.8. The Bertz CT molecular complexity index is 1310. The highest BCUT2D eigenvalue weighted by molar-refractivity contribution is 5.71. The van der Waals surface area contributed by atoms with Crippen LogP contribution in [0.4, 0.5) is 0 Å². The second kappa shape index (κ2) is 58.4. The normalized spacial score (nSPS) is 12.6. The van der Waals surface area contributed by atoms with E-state index in [1.807, 2.05) is 0 Å². The fourth-order valence-corrected chi connectivity index (χ4v) is 8.43. The summed E-state index contributed by atoms with van der Waals surface area (Å²) in [6, 6.07) is 0. The summed E-state index contributed by atoms with van der Waals surface area (Å²) in [7, 11) is 0. The topological polar surface area (TPSA) is 78.9 Å². The molecule has 0 aliphatic rings. The molecule has 0 bridgehead atoms. The highest BCUT2D eigenvalue weighted by Crippen LogP contribution is 2.16. The molecule has 0 N–H and O–H groups in total. The Labute approximate surface area is 433 Å². The number of hydrogen-bond donors (Lipinski definition) is 0. The van der Waals surface area contributed by atoms with Crippen molar-refractivity contribution in [1.82, 2.24) is 0 Å². The van der Waals surface area contributed by atoms with Crippen molar-refractivity contribution < 1.29 is 28.6 Å². The average Bonchev–Trinajstić information content (AvgIpc) is 3.36. The molecule has 6 nitrogen and oxygen atoms in total. The van der Waals surface area contributed by atoms with Crippen LogP contribution in [0.15, 0.2) is 72.9 Å². The number of hydrogen-bond acceptors (Lipinski definition) is 6. The van der Waals surface area contributed by atoms with E-state index in [9.17, 15) is 14.4 Å². The van der Waals surface area contributed by atoms with Crippen molar-refractivity contribution in [3.8, 4) is 0 Å². The van der Waals surface area contributed by atoms with Crippen LogP contribution in [0.5, 0.6) is 0 Å². The minimum absolute atomic E-state index is 0.0793.